The van der Waals surface area contributed by atoms with E-state index in [-0.39, 0.29) is 43.8 Å². The van der Waals surface area contributed by atoms with Crippen LogP contribution < -0.4 is 9.62 Å². The van der Waals surface area contributed by atoms with Crippen LogP contribution in [-0.4, -0.2) is 50.0 Å². The van der Waals surface area contributed by atoms with Gasteiger partial charge in [-0.05, 0) is 62.1 Å². The van der Waals surface area contributed by atoms with Gasteiger partial charge in [-0.1, -0.05) is 72.3 Å². The first-order valence-corrected chi connectivity index (χ1v) is 15.6. The van der Waals surface area contributed by atoms with Crippen molar-refractivity contribution < 1.29 is 18.0 Å². The zero-order chi connectivity index (χ0) is 29.3. The number of halogens is 1. The van der Waals surface area contributed by atoms with Crippen molar-refractivity contribution in [3.05, 3.63) is 101 Å². The highest BCUT2D eigenvalue weighted by Crippen LogP contribution is 2.23. The van der Waals surface area contributed by atoms with E-state index in [1.165, 1.54) is 4.31 Å². The van der Waals surface area contributed by atoms with Crippen LogP contribution >= 0.6 is 11.6 Å². The summed E-state index contributed by atoms with van der Waals surface area (Å²) in [5.74, 6) is -0.444. The largest absolute Gasteiger partial charge is 0.352 e. The van der Waals surface area contributed by atoms with E-state index in [0.29, 0.717) is 17.1 Å². The number of benzene rings is 3. The first kappa shape index (κ1) is 31.2. The Balaban J connectivity index is 1.89. The molecule has 40 heavy (non-hydrogen) atoms. The molecule has 0 aliphatic heterocycles. The normalized spacial score (nSPS) is 12.2. The highest BCUT2D eigenvalue weighted by atomic mass is 35.5. The molecule has 0 saturated carbocycles. The molecule has 7 nitrogen and oxygen atoms in total. The molecule has 0 unspecified atom stereocenters. The molecule has 0 spiro atoms. The molecule has 0 radical (unpaired) electrons. The van der Waals surface area contributed by atoms with E-state index in [1.807, 2.05) is 75.4 Å². The molecule has 0 fully saturated rings. The molecule has 0 aliphatic rings. The second-order valence-electron chi connectivity index (χ2n) is 10.2. The van der Waals surface area contributed by atoms with Gasteiger partial charge < -0.3 is 10.2 Å². The van der Waals surface area contributed by atoms with Crippen LogP contribution in [0.2, 0.25) is 5.02 Å². The zero-order valence-corrected chi connectivity index (χ0v) is 25.1. The quantitative estimate of drug-likeness (QED) is 0.293. The van der Waals surface area contributed by atoms with E-state index < -0.39 is 16.1 Å². The number of sulfonamides is 1. The number of carbonyl (C=O) groups is 2. The van der Waals surface area contributed by atoms with Crippen LogP contribution in [-0.2, 0) is 32.6 Å². The summed E-state index contributed by atoms with van der Waals surface area (Å²) in [6.45, 7) is 6.12. The molecule has 0 saturated heterocycles. The van der Waals surface area contributed by atoms with E-state index in [4.69, 9.17) is 11.6 Å². The van der Waals surface area contributed by atoms with Gasteiger partial charge in [-0.25, -0.2) is 8.42 Å². The van der Waals surface area contributed by atoms with E-state index in [1.54, 1.807) is 29.2 Å². The van der Waals surface area contributed by atoms with E-state index >= 15 is 0 Å². The number of nitrogens with one attached hydrogen (secondary N) is 1. The molecule has 9 heteroatoms. The number of amides is 2. The lowest BCUT2D eigenvalue weighted by Crippen LogP contribution is -2.52. The summed E-state index contributed by atoms with van der Waals surface area (Å²) in [5, 5.41) is 3.41. The predicted octanol–water partition coefficient (Wildman–Crippen LogP) is 5.36. The number of hydrogen-bond donors (Lipinski definition) is 1. The molecular formula is C31H38ClN3O4S. The Morgan fingerprint density at radius 2 is 1.62 bits per heavy atom. The zero-order valence-electron chi connectivity index (χ0n) is 23.5. The fourth-order valence-electron chi connectivity index (χ4n) is 4.54. The van der Waals surface area contributed by atoms with Gasteiger partial charge in [0.1, 0.15) is 6.04 Å². The van der Waals surface area contributed by atoms with Crippen molar-refractivity contribution in [2.75, 3.05) is 17.1 Å². The molecule has 2 amide bonds. The monoisotopic (exact) mass is 583 g/mol. The average molecular weight is 584 g/mol. The molecule has 0 bridgehead atoms. The summed E-state index contributed by atoms with van der Waals surface area (Å²) in [6, 6.07) is 23.2. The molecule has 3 aromatic rings. The van der Waals surface area contributed by atoms with Crippen LogP contribution in [0.4, 0.5) is 5.69 Å². The summed E-state index contributed by atoms with van der Waals surface area (Å²) < 4.78 is 26.4. The third-order valence-corrected chi connectivity index (χ3v) is 7.98. The third-order valence-electron chi connectivity index (χ3n) is 6.55. The fraction of sp³-hybridized carbons (Fsp3) is 0.355. The van der Waals surface area contributed by atoms with E-state index in [9.17, 15) is 18.0 Å². The maximum atomic E-state index is 13.9. The Bertz CT molecular complexity index is 1400. The smallest absolute Gasteiger partial charge is 0.243 e. The van der Waals surface area contributed by atoms with Crippen molar-refractivity contribution in [3.8, 4) is 0 Å². The van der Waals surface area contributed by atoms with Crippen molar-refractivity contribution in [1.82, 2.24) is 10.2 Å². The van der Waals surface area contributed by atoms with Crippen LogP contribution in [0.1, 0.15) is 43.4 Å². The van der Waals surface area contributed by atoms with Gasteiger partial charge in [0.25, 0.3) is 0 Å². The topological polar surface area (TPSA) is 86.8 Å². The maximum absolute atomic E-state index is 13.9. The predicted molar refractivity (Wildman–Crippen MR) is 162 cm³/mol. The van der Waals surface area contributed by atoms with Gasteiger partial charge in [-0.2, -0.15) is 0 Å². The summed E-state index contributed by atoms with van der Waals surface area (Å²) in [7, 11) is -3.61. The number of hydrogen-bond acceptors (Lipinski definition) is 4. The van der Waals surface area contributed by atoms with Crippen LogP contribution in [0.25, 0.3) is 0 Å². The standard InChI is InChI=1S/C31H38ClN3O4S/c1-23(2)33-31(37)29(20-25-13-6-5-7-14-25)34(22-26-15-9-8-12-24(26)3)30(36)18-11-19-35(40(4,38)39)28-17-10-16-27(32)21-28/h5-10,12-17,21,23,29H,11,18-20,22H2,1-4H3,(H,33,37)/t29-/m0/s1. The van der Waals surface area contributed by atoms with Gasteiger partial charge in [-0.15, -0.1) is 0 Å². The fourth-order valence-corrected chi connectivity index (χ4v) is 5.68. The van der Waals surface area contributed by atoms with Gasteiger partial charge in [0.15, 0.2) is 0 Å². The van der Waals surface area contributed by atoms with Crippen LogP contribution in [0.5, 0.6) is 0 Å². The number of nitrogens with zero attached hydrogens (tertiary/aromatic N) is 2. The van der Waals surface area contributed by atoms with E-state index in [0.717, 1.165) is 22.9 Å². The summed E-state index contributed by atoms with van der Waals surface area (Å²) in [5.41, 5.74) is 3.35. The Hall–Kier alpha value is -3.36. The third kappa shape index (κ3) is 9.10. The molecule has 3 aromatic carbocycles. The minimum absolute atomic E-state index is 0.0682. The Labute approximate surface area is 243 Å². The summed E-state index contributed by atoms with van der Waals surface area (Å²) >= 11 is 6.10. The highest BCUT2D eigenvalue weighted by Gasteiger charge is 2.31. The van der Waals surface area contributed by atoms with Crippen LogP contribution in [0.15, 0.2) is 78.9 Å². The minimum atomic E-state index is -3.61. The average Bonchev–Trinajstić information content (AvgIpc) is 2.89. The Kier molecular flexibility index (Phi) is 11.2. The molecule has 0 aliphatic carbocycles. The van der Waals surface area contributed by atoms with Crippen molar-refractivity contribution in [2.45, 2.75) is 58.7 Å². The van der Waals surface area contributed by atoms with Crippen LogP contribution in [0, 0.1) is 6.92 Å². The SMILES string of the molecule is Cc1ccccc1CN(C(=O)CCCN(c1cccc(Cl)c1)S(C)(=O)=O)[C@@H](Cc1ccccc1)C(=O)NC(C)C. The molecule has 1 N–H and O–H groups in total. The first-order chi connectivity index (χ1) is 19.0. The van der Waals surface area contributed by atoms with Crippen molar-refractivity contribution in [1.29, 1.82) is 0 Å². The number of anilines is 1. The molecule has 0 aromatic heterocycles. The van der Waals surface area contributed by atoms with Gasteiger partial charge in [-0.3, -0.25) is 13.9 Å². The maximum Gasteiger partial charge on any atom is 0.243 e. The Morgan fingerprint density at radius 1 is 0.950 bits per heavy atom. The lowest BCUT2D eigenvalue weighted by Gasteiger charge is -2.33. The minimum Gasteiger partial charge on any atom is -0.352 e. The van der Waals surface area contributed by atoms with Gasteiger partial charge >= 0.3 is 0 Å². The van der Waals surface area contributed by atoms with Gasteiger partial charge in [0, 0.05) is 37.0 Å². The Morgan fingerprint density at radius 3 is 2.25 bits per heavy atom. The lowest BCUT2D eigenvalue weighted by molar-refractivity contribution is -0.141. The number of carbonyl (C=O) groups excluding carboxylic acids is 2. The van der Waals surface area contributed by atoms with Crippen molar-refractivity contribution in [2.24, 2.45) is 0 Å². The highest BCUT2D eigenvalue weighted by molar-refractivity contribution is 7.92. The second-order valence-corrected chi connectivity index (χ2v) is 12.6. The molecular weight excluding hydrogens is 546 g/mol. The van der Waals surface area contributed by atoms with Gasteiger partial charge in [0.2, 0.25) is 21.8 Å². The van der Waals surface area contributed by atoms with E-state index in [2.05, 4.69) is 5.32 Å². The summed E-state index contributed by atoms with van der Waals surface area (Å²) in [6.07, 6.45) is 1.83. The lowest BCUT2D eigenvalue weighted by atomic mass is 10.0. The molecule has 214 valence electrons. The number of rotatable bonds is 13. The van der Waals surface area contributed by atoms with Crippen molar-refractivity contribution >= 4 is 39.1 Å². The van der Waals surface area contributed by atoms with Crippen LogP contribution in [0.3, 0.4) is 0 Å². The molecule has 1 atom stereocenters. The second kappa shape index (κ2) is 14.3. The molecule has 0 heterocycles. The summed E-state index contributed by atoms with van der Waals surface area (Å²) in [4.78, 5) is 29.0. The molecule has 3 rings (SSSR count). The van der Waals surface area contributed by atoms with Gasteiger partial charge in [0.05, 0.1) is 11.9 Å². The number of aryl methyl sites for hydroxylation is 1. The van der Waals surface area contributed by atoms with Crippen molar-refractivity contribution in [3.63, 3.8) is 0 Å². The first-order valence-electron chi connectivity index (χ1n) is 13.4.